The fourth-order valence-corrected chi connectivity index (χ4v) is 1.87. The zero-order chi connectivity index (χ0) is 25.1. The number of hydrogen-bond donors (Lipinski definition) is 0. The summed E-state index contributed by atoms with van der Waals surface area (Å²) >= 11 is 36.8. The van der Waals surface area contributed by atoms with Gasteiger partial charge < -0.3 is 101 Å². The summed E-state index contributed by atoms with van der Waals surface area (Å²) < 4.78 is 0. The molecule has 0 N–H and O–H groups in total. The first-order valence-electron chi connectivity index (χ1n) is 7.63. The van der Waals surface area contributed by atoms with Gasteiger partial charge in [-0.05, 0) is 0 Å². The molecule has 14 heteroatoms. The summed E-state index contributed by atoms with van der Waals surface area (Å²) in [5.41, 5.74) is 0. The van der Waals surface area contributed by atoms with E-state index in [4.69, 9.17) is 74.2 Å². The van der Waals surface area contributed by atoms with E-state index in [-0.39, 0.29) is 52.9 Å². The number of allylic oxidation sites excluding steroid dienone is 2. The maximum Gasteiger partial charge on any atom is 0.0878 e. The molecular formula is C20H8N4Ni2S8-8. The third-order valence-electron chi connectivity index (χ3n) is 2.49. The average Bonchev–Trinajstić information content (AvgIpc) is 2.82. The van der Waals surface area contributed by atoms with Gasteiger partial charge in [0.25, 0.3) is 0 Å². The maximum absolute atomic E-state index is 8.01. The topological polar surface area (TPSA) is 56.3 Å². The van der Waals surface area contributed by atoms with Crippen LogP contribution in [0.1, 0.15) is 0 Å². The number of nitriles is 2. The van der Waals surface area contributed by atoms with E-state index >= 15 is 0 Å². The minimum absolute atomic E-state index is 0. The minimum atomic E-state index is -0.116. The minimum Gasteiger partial charge on any atom is -0.826 e. The second-order valence-corrected chi connectivity index (χ2v) is 7.96. The van der Waals surface area contributed by atoms with E-state index in [0.717, 1.165) is 19.6 Å². The van der Waals surface area contributed by atoms with Gasteiger partial charge in [0.05, 0.1) is 25.3 Å². The Balaban J connectivity index is -0.000000173. The fourth-order valence-electron chi connectivity index (χ4n) is 1.10. The molecular weight excluding hydrogens is 670 g/mol. The molecule has 0 spiro atoms. The van der Waals surface area contributed by atoms with E-state index in [1.807, 2.05) is 48.5 Å². The molecule has 0 saturated heterocycles. The first kappa shape index (κ1) is 39.8. The van der Waals surface area contributed by atoms with Gasteiger partial charge in [0.2, 0.25) is 0 Å². The quantitative estimate of drug-likeness (QED) is 0.174. The molecule has 2 rings (SSSR count). The largest absolute Gasteiger partial charge is 0.826 e. The van der Waals surface area contributed by atoms with Crippen molar-refractivity contribution in [3.8, 4) is 12.1 Å². The van der Waals surface area contributed by atoms with Crippen molar-refractivity contribution in [3.05, 3.63) is 91.2 Å². The normalized spacial score (nSPS) is 9.29. The van der Waals surface area contributed by atoms with Gasteiger partial charge in [-0.15, -0.1) is 9.81 Å². The Kier molecular flexibility index (Phi) is 29.0. The van der Waals surface area contributed by atoms with Crippen molar-refractivity contribution in [1.29, 1.82) is 10.5 Å². The second-order valence-electron chi connectivity index (χ2n) is 4.61. The molecule has 184 valence electrons. The molecule has 2 aromatic rings. The zero-order valence-electron chi connectivity index (χ0n) is 16.3. The summed E-state index contributed by atoms with van der Waals surface area (Å²) in [5, 5.41) is 15.8. The Morgan fingerprint density at radius 3 is 0.912 bits per heavy atom. The SMILES string of the molecule is N#CC([S-])=C([S-])C#N.[C-]#[N+]C([S-])=C([S-])[N+]#[C-].[Ni].[Ni].[S-]c1ccccc1[S-].[S-]c1ccccc1[S-]. The monoisotopic (exact) mass is 676 g/mol. The summed E-state index contributed by atoms with van der Waals surface area (Å²) in [7, 11) is 0. The van der Waals surface area contributed by atoms with Gasteiger partial charge in [0, 0.05) is 43.0 Å². The van der Waals surface area contributed by atoms with Gasteiger partial charge in [0.15, 0.2) is 0 Å². The van der Waals surface area contributed by atoms with Crippen LogP contribution in [-0.2, 0) is 134 Å². The van der Waals surface area contributed by atoms with E-state index in [9.17, 15) is 0 Å². The molecule has 0 atom stereocenters. The third-order valence-corrected chi connectivity index (χ3v) is 5.59. The summed E-state index contributed by atoms with van der Waals surface area (Å²) in [6.45, 7) is 12.6. The number of hydrogen-bond acceptors (Lipinski definition) is 10. The van der Waals surface area contributed by atoms with Crippen LogP contribution in [-0.4, -0.2) is 0 Å². The van der Waals surface area contributed by atoms with Gasteiger partial charge in [-0.25, -0.2) is 0 Å². The van der Waals surface area contributed by atoms with Crippen LogP contribution in [0.5, 0.6) is 0 Å². The summed E-state index contributed by atoms with van der Waals surface area (Å²) in [6.07, 6.45) is 0. The maximum atomic E-state index is 8.01. The molecule has 0 fully saturated rings. The van der Waals surface area contributed by atoms with E-state index in [2.05, 4.69) is 60.2 Å². The molecule has 0 amide bonds. The Morgan fingerprint density at radius 1 is 0.588 bits per heavy atom. The van der Waals surface area contributed by atoms with Crippen molar-refractivity contribution in [2.45, 2.75) is 19.6 Å². The molecule has 34 heavy (non-hydrogen) atoms. The van der Waals surface area contributed by atoms with Crippen LogP contribution in [0.15, 0.2) is 88.0 Å². The third kappa shape index (κ3) is 20.0. The van der Waals surface area contributed by atoms with Crippen LogP contribution < -0.4 is 0 Å². The molecule has 0 aliphatic rings. The van der Waals surface area contributed by atoms with Crippen LogP contribution in [0.2, 0.25) is 0 Å². The second kappa shape index (κ2) is 24.7. The summed E-state index contributed by atoms with van der Waals surface area (Å²) in [5.74, 6) is 0. The van der Waals surface area contributed by atoms with Crippen molar-refractivity contribution < 1.29 is 33.0 Å². The molecule has 0 saturated carbocycles. The van der Waals surface area contributed by atoms with Crippen molar-refractivity contribution in [3.63, 3.8) is 0 Å². The molecule has 0 radical (unpaired) electrons. The molecule has 0 aliphatic carbocycles. The van der Waals surface area contributed by atoms with Crippen LogP contribution in [0.3, 0.4) is 0 Å². The first-order valence-corrected chi connectivity index (χ1v) is 10.9. The Hall–Kier alpha value is -1.37. The van der Waals surface area contributed by atoms with Crippen molar-refractivity contribution in [2.24, 2.45) is 0 Å². The zero-order valence-corrected chi connectivity index (χ0v) is 24.8. The van der Waals surface area contributed by atoms with E-state index in [1.54, 1.807) is 12.1 Å². The fraction of sp³-hybridized carbons (Fsp3) is 0. The van der Waals surface area contributed by atoms with Gasteiger partial charge >= 0.3 is 0 Å². The van der Waals surface area contributed by atoms with Gasteiger partial charge in [-0.3, -0.25) is 9.69 Å². The summed E-state index contributed by atoms with van der Waals surface area (Å²) in [4.78, 5) is 8.42. The summed E-state index contributed by atoms with van der Waals surface area (Å²) in [6, 6.07) is 18.0. The molecule has 2 aromatic carbocycles. The van der Waals surface area contributed by atoms with Gasteiger partial charge in [-0.2, -0.15) is 30.1 Å². The van der Waals surface area contributed by atoms with Crippen molar-refractivity contribution in [2.75, 3.05) is 0 Å². The first-order chi connectivity index (χ1) is 15.0. The van der Waals surface area contributed by atoms with E-state index in [0.29, 0.717) is 0 Å². The van der Waals surface area contributed by atoms with Crippen LogP contribution >= 0.6 is 0 Å². The van der Waals surface area contributed by atoms with E-state index in [1.165, 1.54) is 0 Å². The molecule has 0 bridgehead atoms. The molecule has 0 unspecified atom stereocenters. The average molecular weight is 678 g/mol. The number of nitrogens with zero attached hydrogens (tertiary/aromatic N) is 4. The van der Waals surface area contributed by atoms with Crippen LogP contribution in [0.4, 0.5) is 0 Å². The number of rotatable bonds is 0. The molecule has 0 aliphatic heterocycles. The van der Waals surface area contributed by atoms with Crippen LogP contribution in [0, 0.1) is 35.8 Å². The van der Waals surface area contributed by atoms with E-state index < -0.39 is 0 Å². The van der Waals surface area contributed by atoms with Crippen molar-refractivity contribution in [1.82, 2.24) is 0 Å². The van der Waals surface area contributed by atoms with Gasteiger partial charge in [0.1, 0.15) is 0 Å². The standard InChI is InChI=1S/2C6H6S2.2C4H2N2S2.2Ni/c2*7-5-3-1-2-4-6(5)8;1-5-3(7)4(8)6-2;5-1-3(7)4(8)2-6;;/h2*1-4,7-8H;2*7-8H;;/p-8. The molecule has 4 nitrogen and oxygen atoms in total. The van der Waals surface area contributed by atoms with Gasteiger partial charge in [-0.1, -0.05) is 48.5 Å². The smallest absolute Gasteiger partial charge is 0.0878 e. The van der Waals surface area contributed by atoms with Crippen LogP contribution in [0.25, 0.3) is 9.69 Å². The molecule has 0 heterocycles. The molecule has 0 aromatic heterocycles. The number of benzene rings is 2. The Bertz CT molecular complexity index is 951. The van der Waals surface area contributed by atoms with Crippen molar-refractivity contribution >= 4 is 101 Å². The Morgan fingerprint density at radius 2 is 0.794 bits per heavy atom. The predicted octanol–water partition coefficient (Wildman–Crippen LogP) is 4.38. The predicted molar refractivity (Wildman–Crippen MR) is 143 cm³/mol. The Labute approximate surface area is 264 Å².